The number of benzene rings is 1. The molecule has 30 atom stereocenters. The quantitative estimate of drug-likeness (QED) is 0.0662. The molecule has 0 spiro atoms. The Labute approximate surface area is 839 Å². The molecule has 59 nitrogen and oxygen atoms in total. The van der Waals surface area contributed by atoms with Crippen LogP contribution in [0.1, 0.15) is 73.0 Å². The fraction of sp³-hybridized carbons (Fsp3) is 0.486. The lowest BCUT2D eigenvalue weighted by atomic mass is 10.1. The van der Waals surface area contributed by atoms with Gasteiger partial charge in [0.05, 0.1) is 82.7 Å². The Bertz CT molecular complexity index is 7510. The highest BCUT2D eigenvalue weighted by atomic mass is 32.7. The molecule has 145 heavy (non-hydrogen) atoms. The number of fused-ring (bicyclic) bond motifs is 13. The second-order valence-electron chi connectivity index (χ2n) is 33.4. The number of amides is 2. The Morgan fingerprint density at radius 1 is 0.441 bits per heavy atom. The summed E-state index contributed by atoms with van der Waals surface area (Å²) in [5.74, 6) is -1.76. The van der Waals surface area contributed by atoms with Gasteiger partial charge in [-0.15, -0.1) is 0 Å². The lowest BCUT2D eigenvalue weighted by molar-refractivity contribution is -0.119. The third-order valence-electron chi connectivity index (χ3n) is 23.6. The van der Waals surface area contributed by atoms with Crippen molar-refractivity contribution in [2.24, 2.45) is 5.92 Å². The number of thiol groups is 1. The van der Waals surface area contributed by atoms with Crippen LogP contribution in [0.4, 0.5) is 32.3 Å². The number of ether oxygens (including phenoxy) is 6. The van der Waals surface area contributed by atoms with Gasteiger partial charge in [-0.25, -0.2) is 73.0 Å². The number of rotatable bonds is 10. The van der Waals surface area contributed by atoms with Crippen molar-refractivity contribution in [3.8, 4) is 0 Å². The number of H-pyrrole nitrogens is 2. The number of aromatic amines is 2. The van der Waals surface area contributed by atoms with Crippen molar-refractivity contribution in [3.05, 3.63) is 141 Å². The van der Waals surface area contributed by atoms with Crippen molar-refractivity contribution < 1.29 is 151 Å². The summed E-state index contributed by atoms with van der Waals surface area (Å²) in [6, 6.07) is 9.66. The molecule has 20 heterocycles. The average Bonchev–Trinajstić information content (AvgIpc) is 1.60. The molecule has 2 amide bonds. The van der Waals surface area contributed by atoms with E-state index < -0.39 is 262 Å². The van der Waals surface area contributed by atoms with Crippen LogP contribution in [0.15, 0.2) is 108 Å². The van der Waals surface area contributed by atoms with Gasteiger partial charge in [-0.3, -0.25) is 93.5 Å². The van der Waals surface area contributed by atoms with Crippen molar-refractivity contribution in [2.45, 2.75) is 175 Å². The standard InChI is InChI=1S/C31H34N10O13P2S2.C21H25N9O11P2S2.C20H23F2N7O9P2S2/c1-13(2)26(44)38-31-37-25-18(28(46)39-31)35-12-41(25)29-20(43)21-16(52-29)9-50-56(48,58)54-22-19(42)15(8-49-55(47,57)53-21)51-30(22)40-11-34-17-23(32-10-33-24(17)40)36-27(45)14-6-4-3-5-7-14;1-7-10-16(24-4-23-7)29(5-25-10)20-15-12(31)8(38-20)2-36-42(34,44)40-14-9(3-37-43(35,45)41-15)39-19(13(14)32)30-6-26-11-17(30)27-21(22)28-18(11)33;1-8-14-17(25-6-24-8)29(7-26-14)19-13(22)16-10(36-19)5-34-39(31,41)37-15-9(4-33-40(32,42)38-16)35-18(12(15)21)28-3-2-11(23)27-20(28)30/h3-7,10-13,15-16,19-22,29-30,42-43H,8-9H2,1-2H3,(H,47,57)(H,48,58)(H,32,33,36,45)(H2,37,38,39,44,46);4-6,8-9,12-15,19-20,31-32H,2-3H2,1H3,(H,34,44)(H,35,45)(H3,22,27,28,33);2-3,6-7,9-10,12-13,15-16,18-19H,4-5H2,1H3,(H,31,41)(H,32,42)(H2,23,27,30)/t15-,16-,19-,20-,21-,22-,29-,30-,55?,56?;8-,9-,12-,13-,14-,15-,19-,20-,42?,43?;9-,10-,12-,13-,15-,16-,18-,19-,39?,40?/m111/s1. The lowest BCUT2D eigenvalue weighted by Crippen LogP contribution is -2.37. The van der Waals surface area contributed by atoms with E-state index in [0.717, 1.165) is 17.1 Å². The smallest absolute Gasteiger partial charge is 0.386 e. The molecule has 6 unspecified atom stereocenters. The number of nitrogens with one attached hydrogen (secondary N) is 4. The number of alkyl halides is 2. The first kappa shape index (κ1) is 105. The summed E-state index contributed by atoms with van der Waals surface area (Å²) < 4.78 is 156. The number of halogens is 2. The number of nitrogen functional groups attached to an aromatic ring is 2. The van der Waals surface area contributed by atoms with E-state index in [1.807, 2.05) is 0 Å². The second kappa shape index (κ2) is 41.4. The molecule has 4 bridgehead atoms. The number of nitrogens with zero attached hydrogens (tertiary/aromatic N) is 20. The first-order valence-electron chi connectivity index (χ1n) is 42.8. The van der Waals surface area contributed by atoms with Crippen LogP contribution in [0.3, 0.4) is 0 Å². The van der Waals surface area contributed by atoms with Crippen LogP contribution in [0.25, 0.3) is 55.8 Å². The molecule has 0 radical (unpaired) electrons. The normalized spacial score (nSPS) is 35.8. The fourth-order valence-corrected chi connectivity index (χ4v) is 25.3. The maximum absolute atomic E-state index is 15.9. The number of aliphatic hydroxyl groups is 4. The van der Waals surface area contributed by atoms with E-state index >= 15 is 8.78 Å². The molecule has 0 aliphatic carbocycles. The molecule has 778 valence electrons. The first-order chi connectivity index (χ1) is 68.7. The number of anilines is 4. The van der Waals surface area contributed by atoms with Crippen LogP contribution >= 0.6 is 52.6 Å². The number of hydrogen-bond acceptors (Lipinski definition) is 49. The van der Waals surface area contributed by atoms with Gasteiger partial charge in [-0.2, -0.15) is 15.0 Å². The van der Waals surface area contributed by atoms with Gasteiger partial charge in [0.2, 0.25) is 17.8 Å². The van der Waals surface area contributed by atoms with E-state index in [0.29, 0.717) is 33.6 Å². The molecule has 0 saturated carbocycles. The third-order valence-corrected chi connectivity index (χ3v) is 33.0. The summed E-state index contributed by atoms with van der Waals surface area (Å²) in [5, 5.41) is 50.6. The van der Waals surface area contributed by atoms with Crippen LogP contribution in [0.5, 0.6) is 0 Å². The van der Waals surface area contributed by atoms with Gasteiger partial charge in [0, 0.05) is 17.7 Å². The van der Waals surface area contributed by atoms with E-state index in [2.05, 4.69) is 103 Å². The summed E-state index contributed by atoms with van der Waals surface area (Å²) >= 11 is 30.2. The summed E-state index contributed by atoms with van der Waals surface area (Å²) in [6.07, 6.45) is -23.9. The van der Waals surface area contributed by atoms with Crippen LogP contribution in [-0.2, 0) is 151 Å². The monoisotopic (exact) mass is 2250 g/mol. The molecule has 17 N–H and O–H groups in total. The molecule has 9 aliphatic heterocycles. The van der Waals surface area contributed by atoms with Crippen LogP contribution in [0.2, 0.25) is 0 Å². The van der Waals surface area contributed by atoms with Gasteiger partial charge in [0.15, 0.2) is 100 Å². The lowest BCUT2D eigenvalue weighted by Gasteiger charge is -2.29. The first-order valence-corrected chi connectivity index (χ1v) is 58.4. The number of carbonyl (C=O) groups excluding carboxylic acids is 2. The fourth-order valence-electron chi connectivity index (χ4n) is 16.7. The minimum atomic E-state index is -4.44. The van der Waals surface area contributed by atoms with E-state index in [1.165, 1.54) is 73.2 Å². The highest BCUT2D eigenvalue weighted by Gasteiger charge is 2.59. The number of hydrogen-bond donors (Lipinski definition) is 16. The van der Waals surface area contributed by atoms with Gasteiger partial charge in [-0.05, 0) is 91.1 Å². The van der Waals surface area contributed by atoms with Gasteiger partial charge in [0.25, 0.3) is 17.0 Å². The third kappa shape index (κ3) is 21.7. The van der Waals surface area contributed by atoms with E-state index in [1.54, 1.807) is 58.0 Å². The number of aromatic nitrogens is 22. The largest absolute Gasteiger partial charge is 0.387 e. The SMILES string of the molecule is CC(C)C(=O)Nc1nc2c(ncn2[C@@H]2O[C@@H]3COP(O)(=S)O[C@@H]4[C@H](O)[C@@H](COP(=O)(S)O[C@H]3[C@H]2O)O[C@H]4n2cnc3c(NC(=O)c4ccccc4)ncnc32)c(=O)[nH]1.Cc1ncnc2c1ncn2[C@@H]1O[C@@H]2COP(O)(=S)O[C@H]3[C@@H](F)[C@H](n4ccc(N)nc4=O)O[C@@H]3COP(O)(=S)O[C@H]2[C@H]1F.Cc1ncnc2c1ncn2[C@@H]1O[C@@H]2COP(O)(=S)O[C@H]3[C@@H](O)[C@H](n4cnc5c(=O)[nH]c(N)nc54)O[C@@H]3COP(O)(=S)O[C@@H]1[C@@H]2O. The molecule has 9 saturated heterocycles. The highest BCUT2D eigenvalue weighted by molar-refractivity contribution is 8.44. The minimum Gasteiger partial charge on any atom is -0.387 e. The number of aryl methyl sites for hydroxylation is 2. The molecule has 73 heteroatoms. The number of imidazole rings is 5. The van der Waals surface area contributed by atoms with Crippen LogP contribution in [0, 0.1) is 19.8 Å². The average molecular weight is 2260 g/mol. The Kier molecular flexibility index (Phi) is 30.0. The zero-order chi connectivity index (χ0) is 103. The summed E-state index contributed by atoms with van der Waals surface area (Å²) in [6.45, 7) is -22.4. The molecule has 1 aromatic carbocycles. The van der Waals surface area contributed by atoms with Gasteiger partial charge in [0.1, 0.15) is 133 Å². The Hall–Kier alpha value is -8.40. The van der Waals surface area contributed by atoms with Crippen LogP contribution in [-0.4, -0.2) is 314 Å². The minimum absolute atomic E-state index is 0.00782. The van der Waals surface area contributed by atoms with E-state index in [-0.39, 0.29) is 62.7 Å². The van der Waals surface area contributed by atoms with Crippen molar-refractivity contribution in [3.63, 3.8) is 0 Å². The number of aliphatic hydroxyl groups excluding tert-OH is 4. The van der Waals surface area contributed by atoms with Gasteiger partial charge in [-0.1, -0.05) is 44.3 Å². The predicted octanol–water partition coefficient (Wildman–Crippen LogP) is 0.708. The van der Waals surface area contributed by atoms with Crippen molar-refractivity contribution in [1.29, 1.82) is 0 Å². The highest BCUT2D eigenvalue weighted by Crippen LogP contribution is 2.61. The van der Waals surface area contributed by atoms with Crippen molar-refractivity contribution in [2.75, 3.05) is 61.7 Å². The molecule has 11 aromatic heterocycles. The zero-order valence-electron chi connectivity index (χ0n) is 74.2. The number of nitrogens with two attached hydrogens (primary N) is 2. The number of carbonyl (C=O) groups is 2. The molecular formula is C72H82F2N26O33P6S6. The molecule has 12 aromatic rings. The van der Waals surface area contributed by atoms with E-state index in [9.17, 15) is 73.4 Å². The predicted molar refractivity (Wildman–Crippen MR) is 508 cm³/mol. The Morgan fingerprint density at radius 2 is 0.821 bits per heavy atom. The van der Waals surface area contributed by atoms with Crippen molar-refractivity contribution in [1.82, 2.24) is 107 Å². The van der Waals surface area contributed by atoms with Gasteiger partial charge >= 0.3 is 46.1 Å². The summed E-state index contributed by atoms with van der Waals surface area (Å²) in [7, 11) is 0. The van der Waals surface area contributed by atoms with Crippen molar-refractivity contribution >= 4 is 203 Å². The maximum atomic E-state index is 15.9. The Balaban J connectivity index is 0.000000140. The van der Waals surface area contributed by atoms with Crippen LogP contribution < -0.4 is 38.9 Å². The van der Waals surface area contributed by atoms with E-state index in [4.69, 9.17) is 153 Å². The summed E-state index contributed by atoms with van der Waals surface area (Å²) in [5.41, 5.74) is 11.9. The molecule has 9 fully saturated rings. The topological polar surface area (TPSA) is 768 Å². The maximum Gasteiger partial charge on any atom is 0.386 e. The molecule has 21 rings (SSSR count). The summed E-state index contributed by atoms with van der Waals surface area (Å²) in [4.78, 5) is 180. The van der Waals surface area contributed by atoms with Gasteiger partial charge < -0.3 is 113 Å². The Morgan fingerprint density at radius 3 is 1.30 bits per heavy atom. The molecule has 9 aliphatic rings. The molecular weight excluding hydrogens is 2170 g/mol. The second-order valence-corrected chi connectivity index (χ2v) is 50.2. The zero-order valence-corrected chi connectivity index (χ0v) is 84.5.